The van der Waals surface area contributed by atoms with Crippen LogP contribution in [0.2, 0.25) is 0 Å². The summed E-state index contributed by atoms with van der Waals surface area (Å²) in [6.45, 7) is 0.279. The SMILES string of the molecule is N[C@@H]1CC[C@H]1CO. The van der Waals surface area contributed by atoms with E-state index in [4.69, 9.17) is 10.8 Å². The summed E-state index contributed by atoms with van der Waals surface area (Å²) in [6, 6.07) is 0.296. The zero-order valence-corrected chi connectivity index (χ0v) is 4.30. The third kappa shape index (κ3) is 0.763. The monoisotopic (exact) mass is 101 g/mol. The van der Waals surface area contributed by atoms with Crippen LogP contribution in [0, 0.1) is 5.92 Å². The molecule has 0 aromatic rings. The van der Waals surface area contributed by atoms with E-state index in [0.717, 1.165) is 12.8 Å². The minimum absolute atomic E-state index is 0.279. The summed E-state index contributed by atoms with van der Waals surface area (Å²) in [4.78, 5) is 0. The highest BCUT2D eigenvalue weighted by Crippen LogP contribution is 2.23. The van der Waals surface area contributed by atoms with Crippen molar-refractivity contribution in [2.24, 2.45) is 11.7 Å². The Morgan fingerprint density at radius 3 is 2.29 bits per heavy atom. The Hall–Kier alpha value is -0.0800. The number of hydrogen-bond donors (Lipinski definition) is 2. The molecule has 0 unspecified atom stereocenters. The Kier molecular flexibility index (Phi) is 1.30. The normalized spacial score (nSPS) is 40.3. The smallest absolute Gasteiger partial charge is 0.0474 e. The van der Waals surface area contributed by atoms with Crippen LogP contribution in [0.4, 0.5) is 0 Å². The maximum absolute atomic E-state index is 8.48. The summed E-state index contributed by atoms with van der Waals surface area (Å²) < 4.78 is 0. The average Bonchev–Trinajstić information content (AvgIpc) is 1.65. The molecule has 2 heteroatoms. The minimum atomic E-state index is 0.279. The van der Waals surface area contributed by atoms with Gasteiger partial charge in [-0.1, -0.05) is 0 Å². The van der Waals surface area contributed by atoms with Gasteiger partial charge >= 0.3 is 0 Å². The summed E-state index contributed by atoms with van der Waals surface area (Å²) in [5.74, 6) is 0.417. The van der Waals surface area contributed by atoms with Crippen LogP contribution < -0.4 is 5.73 Å². The molecule has 0 aromatic heterocycles. The van der Waals surface area contributed by atoms with E-state index in [-0.39, 0.29) is 6.61 Å². The number of aliphatic hydroxyl groups excluding tert-OH is 1. The molecule has 1 aliphatic rings. The molecule has 1 aliphatic carbocycles. The first-order valence-corrected chi connectivity index (χ1v) is 2.71. The van der Waals surface area contributed by atoms with Gasteiger partial charge in [-0.25, -0.2) is 0 Å². The van der Waals surface area contributed by atoms with Gasteiger partial charge in [0.1, 0.15) is 0 Å². The third-order valence-corrected chi connectivity index (χ3v) is 1.71. The third-order valence-electron chi connectivity index (χ3n) is 1.71. The van der Waals surface area contributed by atoms with Crippen LogP contribution in [-0.4, -0.2) is 17.8 Å². The lowest BCUT2D eigenvalue weighted by Crippen LogP contribution is -2.41. The first kappa shape index (κ1) is 5.06. The second kappa shape index (κ2) is 1.80. The largest absolute Gasteiger partial charge is 0.396 e. The molecule has 0 bridgehead atoms. The molecule has 0 heterocycles. The summed E-state index contributed by atoms with van der Waals surface area (Å²) in [5.41, 5.74) is 5.47. The van der Waals surface area contributed by atoms with Crippen molar-refractivity contribution in [2.75, 3.05) is 6.61 Å². The van der Waals surface area contributed by atoms with Crippen LogP contribution in [0.3, 0.4) is 0 Å². The van der Waals surface area contributed by atoms with E-state index in [1.807, 2.05) is 0 Å². The van der Waals surface area contributed by atoms with Crippen molar-refractivity contribution in [2.45, 2.75) is 18.9 Å². The van der Waals surface area contributed by atoms with Crippen molar-refractivity contribution in [1.29, 1.82) is 0 Å². The minimum Gasteiger partial charge on any atom is -0.396 e. The van der Waals surface area contributed by atoms with Gasteiger partial charge in [0, 0.05) is 12.6 Å². The Balaban J connectivity index is 2.16. The van der Waals surface area contributed by atoms with Crippen LogP contribution >= 0.6 is 0 Å². The van der Waals surface area contributed by atoms with Gasteiger partial charge in [0.15, 0.2) is 0 Å². The second-order valence-corrected chi connectivity index (χ2v) is 2.18. The van der Waals surface area contributed by atoms with E-state index in [0.29, 0.717) is 12.0 Å². The van der Waals surface area contributed by atoms with Crippen LogP contribution in [-0.2, 0) is 0 Å². The van der Waals surface area contributed by atoms with Crippen molar-refractivity contribution < 1.29 is 5.11 Å². The fraction of sp³-hybridized carbons (Fsp3) is 1.00. The van der Waals surface area contributed by atoms with E-state index < -0.39 is 0 Å². The summed E-state index contributed by atoms with van der Waals surface area (Å²) in [7, 11) is 0. The molecule has 1 fully saturated rings. The van der Waals surface area contributed by atoms with E-state index >= 15 is 0 Å². The highest BCUT2D eigenvalue weighted by molar-refractivity contribution is 4.82. The fourth-order valence-corrected chi connectivity index (χ4v) is 0.821. The van der Waals surface area contributed by atoms with Gasteiger partial charge in [-0.2, -0.15) is 0 Å². The van der Waals surface area contributed by atoms with Crippen molar-refractivity contribution in [3.63, 3.8) is 0 Å². The fourth-order valence-electron chi connectivity index (χ4n) is 0.821. The second-order valence-electron chi connectivity index (χ2n) is 2.18. The van der Waals surface area contributed by atoms with Gasteiger partial charge in [-0.15, -0.1) is 0 Å². The van der Waals surface area contributed by atoms with E-state index in [2.05, 4.69) is 0 Å². The molecule has 1 rings (SSSR count). The highest BCUT2D eigenvalue weighted by atomic mass is 16.3. The molecule has 0 aliphatic heterocycles. The van der Waals surface area contributed by atoms with E-state index in [1.54, 1.807) is 0 Å². The van der Waals surface area contributed by atoms with Gasteiger partial charge in [0.25, 0.3) is 0 Å². The lowest BCUT2D eigenvalue weighted by molar-refractivity contribution is 0.138. The van der Waals surface area contributed by atoms with Gasteiger partial charge < -0.3 is 10.8 Å². The average molecular weight is 101 g/mol. The Bertz CT molecular complexity index is 63.1. The number of aliphatic hydroxyl groups is 1. The number of rotatable bonds is 1. The molecule has 0 radical (unpaired) electrons. The Labute approximate surface area is 43.3 Å². The van der Waals surface area contributed by atoms with E-state index in [9.17, 15) is 0 Å². The topological polar surface area (TPSA) is 46.2 Å². The molecule has 3 N–H and O–H groups in total. The van der Waals surface area contributed by atoms with Gasteiger partial charge in [-0.05, 0) is 18.8 Å². The molecule has 2 nitrogen and oxygen atoms in total. The van der Waals surface area contributed by atoms with Crippen molar-refractivity contribution in [3.05, 3.63) is 0 Å². The standard InChI is InChI=1S/C5H11NO/c6-5-2-1-4(5)3-7/h4-5,7H,1-3,6H2/t4-,5+/m0/s1. The van der Waals surface area contributed by atoms with Crippen LogP contribution in [0.5, 0.6) is 0 Å². The molecular weight excluding hydrogens is 90.1 g/mol. The summed E-state index contributed by atoms with van der Waals surface area (Å²) in [5, 5.41) is 8.48. The molecule has 1 saturated carbocycles. The highest BCUT2D eigenvalue weighted by Gasteiger charge is 2.25. The lowest BCUT2D eigenvalue weighted by Gasteiger charge is -2.31. The van der Waals surface area contributed by atoms with Crippen molar-refractivity contribution in [1.82, 2.24) is 0 Å². The molecule has 0 amide bonds. The van der Waals surface area contributed by atoms with Gasteiger partial charge in [0.2, 0.25) is 0 Å². The lowest BCUT2D eigenvalue weighted by atomic mass is 9.81. The zero-order chi connectivity index (χ0) is 5.28. The number of hydrogen-bond acceptors (Lipinski definition) is 2. The first-order chi connectivity index (χ1) is 3.34. The Morgan fingerprint density at radius 1 is 1.57 bits per heavy atom. The quantitative estimate of drug-likeness (QED) is 0.477. The van der Waals surface area contributed by atoms with Crippen LogP contribution in [0.1, 0.15) is 12.8 Å². The maximum atomic E-state index is 8.48. The van der Waals surface area contributed by atoms with Crippen LogP contribution in [0.25, 0.3) is 0 Å². The summed E-state index contributed by atoms with van der Waals surface area (Å²) in [6.07, 6.45) is 2.23. The summed E-state index contributed by atoms with van der Waals surface area (Å²) >= 11 is 0. The van der Waals surface area contributed by atoms with Gasteiger partial charge in [-0.3, -0.25) is 0 Å². The molecular formula is C5H11NO. The predicted molar refractivity (Wildman–Crippen MR) is 27.8 cm³/mol. The number of nitrogens with two attached hydrogens (primary N) is 1. The maximum Gasteiger partial charge on any atom is 0.0474 e. The molecule has 7 heavy (non-hydrogen) atoms. The predicted octanol–water partition coefficient (Wildman–Crippen LogP) is -0.284. The molecule has 0 saturated heterocycles. The first-order valence-electron chi connectivity index (χ1n) is 2.71. The molecule has 42 valence electrons. The zero-order valence-electron chi connectivity index (χ0n) is 4.30. The van der Waals surface area contributed by atoms with Crippen molar-refractivity contribution in [3.8, 4) is 0 Å². The van der Waals surface area contributed by atoms with Crippen molar-refractivity contribution >= 4 is 0 Å². The molecule has 2 atom stereocenters. The molecule has 0 spiro atoms. The molecule has 0 aromatic carbocycles. The Morgan fingerprint density at radius 2 is 2.29 bits per heavy atom. The van der Waals surface area contributed by atoms with Crippen LogP contribution in [0.15, 0.2) is 0 Å². The van der Waals surface area contributed by atoms with Gasteiger partial charge in [0.05, 0.1) is 0 Å². The van der Waals surface area contributed by atoms with E-state index in [1.165, 1.54) is 0 Å².